The second kappa shape index (κ2) is 9.36. The van der Waals surface area contributed by atoms with Gasteiger partial charge in [-0.2, -0.15) is 0 Å². The summed E-state index contributed by atoms with van der Waals surface area (Å²) in [6.45, 7) is 8.36. The van der Waals surface area contributed by atoms with Gasteiger partial charge in [0, 0.05) is 37.5 Å². The fourth-order valence-corrected chi connectivity index (χ4v) is 3.88. The standard InChI is InChI=1S/C23H27N5O3/c1-15-8-21(31-27-15)20-10-24-14-26-23(20)19-6-4-18(5-7-19)9-25-22(29)13-28-11-16(2)30-17(3)12-28/h4-8,10,14,16-17H,9,11-13H2,1-3H3,(H,25,29)/t16-,17+. The van der Waals surface area contributed by atoms with Gasteiger partial charge in [-0.15, -0.1) is 0 Å². The molecular formula is C23H27N5O3. The third-order valence-electron chi connectivity index (χ3n) is 5.19. The van der Waals surface area contributed by atoms with E-state index in [1.54, 1.807) is 6.20 Å². The fourth-order valence-electron chi connectivity index (χ4n) is 3.88. The lowest BCUT2D eigenvalue weighted by atomic mass is 10.0. The Morgan fingerprint density at radius 2 is 1.94 bits per heavy atom. The average molecular weight is 422 g/mol. The van der Waals surface area contributed by atoms with E-state index in [1.165, 1.54) is 6.33 Å². The number of rotatable bonds is 6. The Bertz CT molecular complexity index is 1020. The molecule has 3 heterocycles. The molecule has 2 atom stereocenters. The molecule has 1 fully saturated rings. The van der Waals surface area contributed by atoms with Gasteiger partial charge in [-0.3, -0.25) is 9.69 Å². The normalized spacial score (nSPS) is 19.3. The predicted molar refractivity (Wildman–Crippen MR) is 116 cm³/mol. The van der Waals surface area contributed by atoms with Crippen molar-refractivity contribution < 1.29 is 14.1 Å². The lowest BCUT2D eigenvalue weighted by Gasteiger charge is -2.34. The molecule has 0 spiro atoms. The van der Waals surface area contributed by atoms with Crippen molar-refractivity contribution in [2.75, 3.05) is 19.6 Å². The Morgan fingerprint density at radius 3 is 2.61 bits per heavy atom. The second-order valence-corrected chi connectivity index (χ2v) is 8.04. The molecule has 31 heavy (non-hydrogen) atoms. The zero-order chi connectivity index (χ0) is 21.8. The van der Waals surface area contributed by atoms with Gasteiger partial charge in [0.25, 0.3) is 0 Å². The highest BCUT2D eigenvalue weighted by Gasteiger charge is 2.23. The number of amides is 1. The number of morpholine rings is 1. The zero-order valence-electron chi connectivity index (χ0n) is 18.0. The summed E-state index contributed by atoms with van der Waals surface area (Å²) in [5.41, 5.74) is 4.33. The Kier molecular flexibility index (Phi) is 6.39. The molecule has 1 aliphatic heterocycles. The zero-order valence-corrected chi connectivity index (χ0v) is 18.0. The van der Waals surface area contributed by atoms with Crippen LogP contribution in [0, 0.1) is 6.92 Å². The Morgan fingerprint density at radius 1 is 1.19 bits per heavy atom. The van der Waals surface area contributed by atoms with Crippen LogP contribution >= 0.6 is 0 Å². The highest BCUT2D eigenvalue weighted by molar-refractivity contribution is 5.78. The molecule has 0 saturated carbocycles. The maximum atomic E-state index is 12.4. The summed E-state index contributed by atoms with van der Waals surface area (Å²) in [5.74, 6) is 0.653. The van der Waals surface area contributed by atoms with E-state index >= 15 is 0 Å². The van der Waals surface area contributed by atoms with Gasteiger partial charge in [0.1, 0.15) is 6.33 Å². The van der Waals surface area contributed by atoms with Gasteiger partial charge in [-0.25, -0.2) is 9.97 Å². The van der Waals surface area contributed by atoms with Crippen LogP contribution in [0.2, 0.25) is 0 Å². The van der Waals surface area contributed by atoms with E-state index in [9.17, 15) is 4.79 Å². The predicted octanol–water partition coefficient (Wildman–Crippen LogP) is 2.83. The molecule has 162 valence electrons. The SMILES string of the molecule is Cc1cc(-c2cncnc2-c2ccc(CNC(=O)CN3C[C@@H](C)O[C@@H](C)C3)cc2)on1. The smallest absolute Gasteiger partial charge is 0.234 e. The molecule has 2 aromatic heterocycles. The lowest BCUT2D eigenvalue weighted by Crippen LogP contribution is -2.49. The number of carbonyl (C=O) groups is 1. The van der Waals surface area contributed by atoms with E-state index in [1.807, 2.05) is 51.1 Å². The van der Waals surface area contributed by atoms with Crippen LogP contribution in [0.4, 0.5) is 0 Å². The Balaban J connectivity index is 1.38. The number of carbonyl (C=O) groups excluding carboxylic acids is 1. The molecule has 8 heteroatoms. The summed E-state index contributed by atoms with van der Waals surface area (Å²) in [5, 5.41) is 6.96. The topological polar surface area (TPSA) is 93.4 Å². The summed E-state index contributed by atoms with van der Waals surface area (Å²) in [6, 6.07) is 9.82. The number of benzene rings is 1. The maximum Gasteiger partial charge on any atom is 0.234 e. The average Bonchev–Trinajstić information content (AvgIpc) is 3.18. The van der Waals surface area contributed by atoms with Gasteiger partial charge in [0.15, 0.2) is 5.76 Å². The van der Waals surface area contributed by atoms with E-state index in [4.69, 9.17) is 9.26 Å². The van der Waals surface area contributed by atoms with Crippen LogP contribution < -0.4 is 5.32 Å². The molecule has 0 radical (unpaired) electrons. The molecule has 8 nitrogen and oxygen atoms in total. The highest BCUT2D eigenvalue weighted by atomic mass is 16.5. The number of aromatic nitrogens is 3. The van der Waals surface area contributed by atoms with Gasteiger partial charge < -0.3 is 14.6 Å². The van der Waals surface area contributed by atoms with Crippen molar-refractivity contribution in [3.05, 3.63) is 54.1 Å². The van der Waals surface area contributed by atoms with Gasteiger partial charge in [-0.1, -0.05) is 29.4 Å². The molecule has 0 bridgehead atoms. The molecule has 0 unspecified atom stereocenters. The lowest BCUT2D eigenvalue weighted by molar-refractivity contribution is -0.126. The van der Waals surface area contributed by atoms with Crippen LogP contribution in [0.25, 0.3) is 22.6 Å². The summed E-state index contributed by atoms with van der Waals surface area (Å²) < 4.78 is 11.1. The van der Waals surface area contributed by atoms with Gasteiger partial charge in [-0.05, 0) is 26.3 Å². The van der Waals surface area contributed by atoms with Crippen molar-refractivity contribution >= 4 is 5.91 Å². The van der Waals surface area contributed by atoms with Crippen LogP contribution in [-0.2, 0) is 16.1 Å². The van der Waals surface area contributed by atoms with E-state index < -0.39 is 0 Å². The van der Waals surface area contributed by atoms with Gasteiger partial charge >= 0.3 is 0 Å². The first-order valence-corrected chi connectivity index (χ1v) is 10.5. The van der Waals surface area contributed by atoms with Crippen molar-refractivity contribution in [3.63, 3.8) is 0 Å². The maximum absolute atomic E-state index is 12.4. The van der Waals surface area contributed by atoms with Gasteiger partial charge in [0.2, 0.25) is 5.91 Å². The molecule has 1 aromatic carbocycles. The number of nitrogens with zero attached hydrogens (tertiary/aromatic N) is 4. The van der Waals surface area contributed by atoms with Crippen LogP contribution in [-0.4, -0.2) is 57.8 Å². The number of hydrogen-bond donors (Lipinski definition) is 1. The minimum absolute atomic E-state index is 0.0177. The molecule has 1 N–H and O–H groups in total. The molecule has 1 amide bonds. The largest absolute Gasteiger partial charge is 0.373 e. The van der Waals surface area contributed by atoms with Crippen LogP contribution in [0.15, 0.2) is 47.4 Å². The van der Waals surface area contributed by atoms with Crippen molar-refractivity contribution in [3.8, 4) is 22.6 Å². The van der Waals surface area contributed by atoms with Crippen LogP contribution in [0.1, 0.15) is 25.1 Å². The minimum Gasteiger partial charge on any atom is -0.373 e. The third-order valence-corrected chi connectivity index (χ3v) is 5.19. The van der Waals surface area contributed by atoms with Crippen molar-refractivity contribution in [2.45, 2.75) is 39.5 Å². The van der Waals surface area contributed by atoms with E-state index in [2.05, 4.69) is 25.3 Å². The number of ether oxygens (including phenoxy) is 1. The number of hydrogen-bond acceptors (Lipinski definition) is 7. The quantitative estimate of drug-likeness (QED) is 0.654. The van der Waals surface area contributed by atoms with Crippen LogP contribution in [0.5, 0.6) is 0 Å². The molecule has 0 aliphatic carbocycles. The summed E-state index contributed by atoms with van der Waals surface area (Å²) in [4.78, 5) is 23.1. The first-order valence-electron chi connectivity index (χ1n) is 10.5. The van der Waals surface area contributed by atoms with E-state index in [0.717, 1.165) is 41.2 Å². The molecular weight excluding hydrogens is 394 g/mol. The van der Waals surface area contributed by atoms with Gasteiger partial charge in [0.05, 0.1) is 35.7 Å². The van der Waals surface area contributed by atoms with Crippen molar-refractivity contribution in [1.82, 2.24) is 25.3 Å². The third kappa shape index (κ3) is 5.34. The molecule has 4 rings (SSSR count). The monoisotopic (exact) mass is 421 g/mol. The molecule has 1 saturated heterocycles. The first-order chi connectivity index (χ1) is 15.0. The second-order valence-electron chi connectivity index (χ2n) is 8.04. The summed E-state index contributed by atoms with van der Waals surface area (Å²) in [7, 11) is 0. The number of aryl methyl sites for hydroxylation is 1. The highest BCUT2D eigenvalue weighted by Crippen LogP contribution is 2.30. The Hall–Kier alpha value is -3.10. The molecule has 3 aromatic rings. The minimum atomic E-state index is 0.0177. The molecule has 1 aliphatic rings. The summed E-state index contributed by atoms with van der Waals surface area (Å²) >= 11 is 0. The summed E-state index contributed by atoms with van der Waals surface area (Å²) in [6.07, 6.45) is 3.54. The van der Waals surface area contributed by atoms with E-state index in [-0.39, 0.29) is 18.1 Å². The van der Waals surface area contributed by atoms with Crippen molar-refractivity contribution in [2.24, 2.45) is 0 Å². The number of nitrogens with one attached hydrogen (secondary N) is 1. The Labute approximate surface area is 181 Å². The van der Waals surface area contributed by atoms with Crippen molar-refractivity contribution in [1.29, 1.82) is 0 Å². The van der Waals surface area contributed by atoms with E-state index in [0.29, 0.717) is 18.8 Å². The fraction of sp³-hybridized carbons (Fsp3) is 0.391. The first kappa shape index (κ1) is 21.1. The van der Waals surface area contributed by atoms with Crippen LogP contribution in [0.3, 0.4) is 0 Å².